The molecule has 1 amide bonds. The molecule has 0 saturated heterocycles. The van der Waals surface area contributed by atoms with Crippen LogP contribution in [0.5, 0.6) is 0 Å². The molecule has 10 heteroatoms. The van der Waals surface area contributed by atoms with Gasteiger partial charge in [0, 0.05) is 23.8 Å². The third kappa shape index (κ3) is 6.20. The molecule has 0 aliphatic carbocycles. The fourth-order valence-electron chi connectivity index (χ4n) is 2.50. The Hall–Kier alpha value is -2.59. The summed E-state index contributed by atoms with van der Waals surface area (Å²) in [6, 6.07) is 0. The first-order valence-electron chi connectivity index (χ1n) is 9.39. The van der Waals surface area contributed by atoms with Crippen molar-refractivity contribution in [1.29, 1.82) is 0 Å². The number of carboxylic acids is 1. The Morgan fingerprint density at radius 1 is 1.07 bits per heavy atom. The van der Waals surface area contributed by atoms with E-state index in [0.29, 0.717) is 29.3 Å². The van der Waals surface area contributed by atoms with Crippen molar-refractivity contribution in [3.05, 3.63) is 33.0 Å². The summed E-state index contributed by atoms with van der Waals surface area (Å²) in [4.78, 5) is 35.2. The molecule has 30 heavy (non-hydrogen) atoms. The lowest BCUT2D eigenvalue weighted by Gasteiger charge is -2.19. The van der Waals surface area contributed by atoms with Crippen LogP contribution in [0.3, 0.4) is 0 Å². The summed E-state index contributed by atoms with van der Waals surface area (Å²) >= 11 is 2.77. The number of amides is 1. The van der Waals surface area contributed by atoms with Gasteiger partial charge in [-0.05, 0) is 45.7 Å². The van der Waals surface area contributed by atoms with Gasteiger partial charge in [-0.15, -0.1) is 22.7 Å². The van der Waals surface area contributed by atoms with Crippen LogP contribution < -0.4 is 10.2 Å². The molecular weight excluding hydrogens is 428 g/mol. The molecule has 2 heterocycles. The van der Waals surface area contributed by atoms with E-state index in [0.717, 1.165) is 17.1 Å². The minimum absolute atomic E-state index is 0.229. The van der Waals surface area contributed by atoms with E-state index < -0.39 is 12.1 Å². The van der Waals surface area contributed by atoms with Crippen LogP contribution in [-0.2, 0) is 9.47 Å². The number of aromatic carboxylic acids is 1. The first-order valence-corrected chi connectivity index (χ1v) is 11.1. The van der Waals surface area contributed by atoms with Gasteiger partial charge in [-0.3, -0.25) is 4.90 Å². The zero-order chi connectivity index (χ0) is 22.8. The molecule has 0 radical (unpaired) electrons. The van der Waals surface area contributed by atoms with E-state index in [1.54, 1.807) is 13.8 Å². The maximum Gasteiger partial charge on any atom is 0.414 e. The van der Waals surface area contributed by atoms with Gasteiger partial charge in [-0.2, -0.15) is 0 Å². The first-order chi connectivity index (χ1) is 14.2. The molecule has 0 bridgehead atoms. The highest BCUT2D eigenvalue weighted by atomic mass is 32.1. The van der Waals surface area contributed by atoms with E-state index in [1.165, 1.54) is 40.1 Å². The van der Waals surface area contributed by atoms with Gasteiger partial charge in [-0.25, -0.2) is 14.4 Å². The van der Waals surface area contributed by atoms with Crippen LogP contribution in [0.1, 0.15) is 52.6 Å². The van der Waals surface area contributed by atoms with Gasteiger partial charge < -0.3 is 19.9 Å². The molecule has 0 aliphatic rings. The number of rotatable bonds is 7. The molecule has 0 aromatic carbocycles. The van der Waals surface area contributed by atoms with E-state index in [4.69, 9.17) is 9.84 Å². The van der Waals surface area contributed by atoms with Crippen LogP contribution in [-0.4, -0.2) is 49.9 Å². The van der Waals surface area contributed by atoms with Crippen molar-refractivity contribution in [1.82, 2.24) is 0 Å². The number of ether oxygens (including phenoxy) is 2. The van der Waals surface area contributed by atoms with Gasteiger partial charge in [0.2, 0.25) is 0 Å². The fourth-order valence-corrected chi connectivity index (χ4v) is 4.65. The largest absolute Gasteiger partial charge is 0.478 e. The molecular formula is C20H28N2O6S2. The molecule has 2 N–H and O–H groups in total. The summed E-state index contributed by atoms with van der Waals surface area (Å²) in [6.45, 7) is 10.8. The number of carbonyl (C=O) groups is 3. The van der Waals surface area contributed by atoms with Crippen LogP contribution in [0.2, 0.25) is 0 Å². The summed E-state index contributed by atoms with van der Waals surface area (Å²) in [5.74, 6) is -1.25. The van der Waals surface area contributed by atoms with Crippen molar-refractivity contribution in [2.24, 2.45) is 0 Å². The summed E-state index contributed by atoms with van der Waals surface area (Å²) in [6.07, 6.45) is -0.447. The normalized spacial score (nSPS) is 9.93. The number of anilines is 2. The van der Waals surface area contributed by atoms with Crippen molar-refractivity contribution in [2.75, 3.05) is 37.0 Å². The second-order valence-electron chi connectivity index (χ2n) is 5.95. The predicted molar refractivity (Wildman–Crippen MR) is 121 cm³/mol. The zero-order valence-electron chi connectivity index (χ0n) is 18.0. The number of nitrogens with one attached hydrogen (secondary N) is 1. The summed E-state index contributed by atoms with van der Waals surface area (Å²) in [7, 11) is 1.40. The van der Waals surface area contributed by atoms with Gasteiger partial charge in [0.1, 0.15) is 5.00 Å². The minimum Gasteiger partial charge on any atom is -0.478 e. The molecule has 0 fully saturated rings. The SMILES string of the molecule is CCNc1scc(C(=O)OC)c1C.CCOC(=O)N(CC)c1scc(C(=O)O)c1C. The molecule has 0 atom stereocenters. The fraction of sp³-hybridized carbons (Fsp3) is 0.450. The summed E-state index contributed by atoms with van der Waals surface area (Å²) in [5, 5.41) is 17.2. The zero-order valence-corrected chi connectivity index (χ0v) is 19.7. The third-order valence-electron chi connectivity index (χ3n) is 4.08. The number of hydrogen-bond acceptors (Lipinski definition) is 8. The van der Waals surface area contributed by atoms with Crippen molar-refractivity contribution < 1.29 is 29.0 Å². The van der Waals surface area contributed by atoms with Gasteiger partial charge in [0.05, 0.1) is 29.8 Å². The number of hydrogen-bond donors (Lipinski definition) is 2. The Bertz CT molecular complexity index is 875. The average molecular weight is 457 g/mol. The molecule has 2 aromatic rings. The van der Waals surface area contributed by atoms with E-state index in [-0.39, 0.29) is 11.5 Å². The lowest BCUT2D eigenvalue weighted by Crippen LogP contribution is -2.31. The van der Waals surface area contributed by atoms with E-state index in [1.807, 2.05) is 26.2 Å². The Kier molecular flexibility index (Phi) is 10.3. The highest BCUT2D eigenvalue weighted by Gasteiger charge is 2.22. The van der Waals surface area contributed by atoms with Crippen molar-refractivity contribution in [3.8, 4) is 0 Å². The van der Waals surface area contributed by atoms with Crippen molar-refractivity contribution in [2.45, 2.75) is 34.6 Å². The van der Waals surface area contributed by atoms with Crippen molar-refractivity contribution >= 4 is 50.7 Å². The topological polar surface area (TPSA) is 105 Å². The molecule has 0 unspecified atom stereocenters. The molecule has 2 rings (SSSR count). The van der Waals surface area contributed by atoms with Crippen LogP contribution >= 0.6 is 22.7 Å². The Morgan fingerprint density at radius 2 is 1.70 bits per heavy atom. The minimum atomic E-state index is -0.982. The summed E-state index contributed by atoms with van der Waals surface area (Å²) in [5.41, 5.74) is 2.45. The number of thiophene rings is 2. The Morgan fingerprint density at radius 3 is 2.17 bits per heavy atom. The van der Waals surface area contributed by atoms with Gasteiger partial charge in [0.15, 0.2) is 0 Å². The van der Waals surface area contributed by atoms with Gasteiger partial charge in [-0.1, -0.05) is 0 Å². The molecule has 0 saturated carbocycles. The number of carbonyl (C=O) groups excluding carboxylic acids is 2. The molecule has 8 nitrogen and oxygen atoms in total. The highest BCUT2D eigenvalue weighted by molar-refractivity contribution is 7.15. The van der Waals surface area contributed by atoms with Gasteiger partial charge >= 0.3 is 18.0 Å². The molecule has 166 valence electrons. The Labute approximate surface area is 184 Å². The number of carboxylic acid groups (broad SMARTS) is 1. The average Bonchev–Trinajstić information content (AvgIpc) is 3.26. The van der Waals surface area contributed by atoms with Crippen LogP contribution in [0, 0.1) is 13.8 Å². The second-order valence-corrected chi connectivity index (χ2v) is 7.69. The number of methoxy groups -OCH3 is 1. The molecule has 2 aromatic heterocycles. The maximum atomic E-state index is 11.7. The third-order valence-corrected chi connectivity index (χ3v) is 6.22. The quantitative estimate of drug-likeness (QED) is 0.564. The number of nitrogens with zero attached hydrogens (tertiary/aromatic N) is 1. The maximum absolute atomic E-state index is 11.7. The Balaban J connectivity index is 0.000000311. The summed E-state index contributed by atoms with van der Waals surface area (Å²) < 4.78 is 9.57. The van der Waals surface area contributed by atoms with E-state index >= 15 is 0 Å². The van der Waals surface area contributed by atoms with Crippen LogP contribution in [0.15, 0.2) is 10.8 Å². The molecule has 0 spiro atoms. The standard InChI is InChI=1S/C11H15NO4S.C9H13NO2S/c1-4-12(11(15)16-5-2)9-7(3)8(6-17-9)10(13)14;1-4-10-8-6(2)7(5-13-8)9(11)12-3/h6H,4-5H2,1-3H3,(H,13,14);5,10H,4H2,1-3H3. The monoisotopic (exact) mass is 456 g/mol. The molecule has 0 aliphatic heterocycles. The predicted octanol–water partition coefficient (Wildman–Crippen LogP) is 5.01. The van der Waals surface area contributed by atoms with Gasteiger partial charge in [0.25, 0.3) is 0 Å². The smallest absolute Gasteiger partial charge is 0.414 e. The lowest BCUT2D eigenvalue weighted by molar-refractivity contribution is 0.0599. The number of esters is 1. The lowest BCUT2D eigenvalue weighted by atomic mass is 10.2. The van der Waals surface area contributed by atoms with E-state index in [2.05, 4.69) is 10.1 Å². The van der Waals surface area contributed by atoms with Crippen molar-refractivity contribution in [3.63, 3.8) is 0 Å². The highest BCUT2D eigenvalue weighted by Crippen LogP contribution is 2.31. The second kappa shape index (κ2) is 12.2. The van der Waals surface area contributed by atoms with Crippen LogP contribution in [0.25, 0.3) is 0 Å². The first kappa shape index (κ1) is 25.4. The van der Waals surface area contributed by atoms with Crippen LogP contribution in [0.4, 0.5) is 14.8 Å². The van der Waals surface area contributed by atoms with E-state index in [9.17, 15) is 14.4 Å².